The van der Waals surface area contributed by atoms with Gasteiger partial charge in [-0.15, -0.1) is 0 Å². The van der Waals surface area contributed by atoms with E-state index in [1.54, 1.807) is 0 Å². The molecule has 0 aromatic heterocycles. The van der Waals surface area contributed by atoms with Gasteiger partial charge in [0, 0.05) is 0 Å². The Bertz CT molecular complexity index is 635. The van der Waals surface area contributed by atoms with Crippen molar-refractivity contribution in [1.82, 2.24) is 0 Å². The molecule has 0 spiro atoms. The molecule has 1 aromatic carbocycles. The van der Waals surface area contributed by atoms with Gasteiger partial charge in [-0.1, -0.05) is 65.0 Å². The van der Waals surface area contributed by atoms with Gasteiger partial charge in [0.15, 0.2) is 0 Å². The van der Waals surface area contributed by atoms with E-state index in [0.29, 0.717) is 5.41 Å². The minimum absolute atomic E-state index is 0.459. The number of carbonyl (C=O) groups is 1. The second-order valence-electron chi connectivity index (χ2n) is 10.9. The van der Waals surface area contributed by atoms with Crippen molar-refractivity contribution in [2.75, 3.05) is 0 Å². The van der Waals surface area contributed by atoms with E-state index >= 15 is 0 Å². The fourth-order valence-corrected chi connectivity index (χ4v) is 3.89. The maximum absolute atomic E-state index is 11.2. The number of carboxylic acid groups (broad SMARTS) is 1. The third-order valence-corrected chi connectivity index (χ3v) is 6.27. The van der Waals surface area contributed by atoms with Crippen LogP contribution in [-0.4, -0.2) is 11.1 Å². The minimum Gasteiger partial charge on any atom is -0.481 e. The normalized spacial score (nSPS) is 12.4. The van der Waals surface area contributed by atoms with Gasteiger partial charge in [-0.3, -0.25) is 4.79 Å². The maximum atomic E-state index is 11.2. The molecule has 2 nitrogen and oxygen atoms in total. The quantitative estimate of drug-likeness (QED) is 0.339. The van der Waals surface area contributed by atoms with Gasteiger partial charge in [0.05, 0.1) is 5.41 Å². The molecule has 0 saturated carbocycles. The van der Waals surface area contributed by atoms with Crippen LogP contribution in [-0.2, 0) is 17.6 Å². The summed E-state index contributed by atoms with van der Waals surface area (Å²) in [6.07, 6.45) is 12.9. The zero-order valence-corrected chi connectivity index (χ0v) is 20.3. The molecule has 0 radical (unpaired) electrons. The van der Waals surface area contributed by atoms with Crippen molar-refractivity contribution in [2.45, 2.75) is 119 Å². The van der Waals surface area contributed by atoms with E-state index < -0.39 is 11.4 Å². The summed E-state index contributed by atoms with van der Waals surface area (Å²) in [4.78, 5) is 11.2. The van der Waals surface area contributed by atoms with E-state index in [-0.39, 0.29) is 0 Å². The smallest absolute Gasteiger partial charge is 0.309 e. The zero-order chi connectivity index (χ0) is 22.1. The lowest BCUT2D eigenvalue weighted by atomic mass is 9.86. The molecule has 166 valence electrons. The molecule has 0 unspecified atom stereocenters. The van der Waals surface area contributed by atoms with Gasteiger partial charge >= 0.3 is 5.97 Å². The van der Waals surface area contributed by atoms with Crippen molar-refractivity contribution >= 4 is 5.97 Å². The third-order valence-electron chi connectivity index (χ3n) is 6.27. The first-order chi connectivity index (χ1) is 13.4. The van der Waals surface area contributed by atoms with Gasteiger partial charge in [-0.05, 0) is 93.9 Å². The van der Waals surface area contributed by atoms with Crippen LogP contribution in [0.5, 0.6) is 0 Å². The lowest BCUT2D eigenvalue weighted by molar-refractivity contribution is -0.147. The highest BCUT2D eigenvalue weighted by Gasteiger charge is 2.25. The van der Waals surface area contributed by atoms with Gasteiger partial charge in [0.1, 0.15) is 0 Å². The van der Waals surface area contributed by atoms with Crippen molar-refractivity contribution in [1.29, 1.82) is 0 Å². The molecule has 0 aliphatic heterocycles. The van der Waals surface area contributed by atoms with Crippen molar-refractivity contribution in [3.05, 3.63) is 34.4 Å². The number of carboxylic acids is 1. The van der Waals surface area contributed by atoms with E-state index in [2.05, 4.69) is 46.8 Å². The number of hydrogen-bond acceptors (Lipinski definition) is 1. The first-order valence-corrected chi connectivity index (χ1v) is 11.7. The van der Waals surface area contributed by atoms with Gasteiger partial charge in [-0.25, -0.2) is 0 Å². The predicted molar refractivity (Wildman–Crippen MR) is 126 cm³/mol. The number of hydrogen-bond donors (Lipinski definition) is 1. The molecule has 1 aromatic rings. The predicted octanol–water partition coefficient (Wildman–Crippen LogP) is 8.06. The summed E-state index contributed by atoms with van der Waals surface area (Å²) in [7, 11) is 0. The van der Waals surface area contributed by atoms with E-state index in [4.69, 9.17) is 0 Å². The zero-order valence-electron chi connectivity index (χ0n) is 20.3. The average Bonchev–Trinajstić information content (AvgIpc) is 2.60. The highest BCUT2D eigenvalue weighted by Crippen LogP contribution is 2.26. The Kier molecular flexibility index (Phi) is 10.4. The second kappa shape index (κ2) is 11.8. The first-order valence-electron chi connectivity index (χ1n) is 11.7. The van der Waals surface area contributed by atoms with E-state index in [9.17, 15) is 9.90 Å². The summed E-state index contributed by atoms with van der Waals surface area (Å²) in [5.41, 5.74) is 5.70. The van der Waals surface area contributed by atoms with Crippen LogP contribution in [0.15, 0.2) is 12.1 Å². The molecule has 0 heterocycles. The Morgan fingerprint density at radius 1 is 0.724 bits per heavy atom. The van der Waals surface area contributed by atoms with Gasteiger partial charge < -0.3 is 5.11 Å². The fraction of sp³-hybridized carbons (Fsp3) is 0.741. The third kappa shape index (κ3) is 10.3. The first kappa shape index (κ1) is 25.7. The molecule has 0 amide bonds. The van der Waals surface area contributed by atoms with Crippen molar-refractivity contribution in [2.24, 2.45) is 10.8 Å². The monoisotopic (exact) mass is 402 g/mol. The molecular weight excluding hydrogens is 356 g/mol. The van der Waals surface area contributed by atoms with Crippen LogP contribution in [0.4, 0.5) is 0 Å². The lowest BCUT2D eigenvalue weighted by Gasteiger charge is -2.19. The summed E-state index contributed by atoms with van der Waals surface area (Å²) in [5, 5.41) is 9.24. The summed E-state index contributed by atoms with van der Waals surface area (Å²) in [5.74, 6) is -0.684. The number of aliphatic carboxylic acids is 1. The average molecular weight is 403 g/mol. The van der Waals surface area contributed by atoms with Crippen LogP contribution in [0.1, 0.15) is 115 Å². The molecule has 0 aliphatic carbocycles. The number of benzene rings is 1. The summed E-state index contributed by atoms with van der Waals surface area (Å²) in [6.45, 7) is 15.1. The van der Waals surface area contributed by atoms with Crippen LogP contribution < -0.4 is 0 Å². The maximum Gasteiger partial charge on any atom is 0.309 e. The largest absolute Gasteiger partial charge is 0.481 e. The lowest BCUT2D eigenvalue weighted by Crippen LogP contribution is -2.23. The van der Waals surface area contributed by atoms with Crippen LogP contribution in [0.3, 0.4) is 0 Å². The molecular formula is C27H46O2. The van der Waals surface area contributed by atoms with Crippen LogP contribution in [0.25, 0.3) is 0 Å². The standard InChI is InChI=1S/C27H46O2/c1-21-19-23(15-11-8-9-13-17-26(3,4)5)24(20-22(21)2)16-12-10-14-18-27(6,7)25(28)29/h19-20H,8-18H2,1-7H3,(H,28,29). The summed E-state index contributed by atoms with van der Waals surface area (Å²) in [6, 6.07) is 4.80. The SMILES string of the molecule is Cc1cc(CCCCCCC(C)(C)C)c(CCCCCC(C)(C)C(=O)O)cc1C. The van der Waals surface area contributed by atoms with Crippen LogP contribution in [0.2, 0.25) is 0 Å². The van der Waals surface area contributed by atoms with E-state index in [1.807, 2.05) is 13.8 Å². The Hall–Kier alpha value is -1.31. The Morgan fingerprint density at radius 3 is 1.59 bits per heavy atom. The van der Waals surface area contributed by atoms with E-state index in [1.165, 1.54) is 60.8 Å². The Balaban J connectivity index is 2.47. The van der Waals surface area contributed by atoms with Gasteiger partial charge in [0.25, 0.3) is 0 Å². The van der Waals surface area contributed by atoms with Crippen molar-refractivity contribution < 1.29 is 9.90 Å². The number of unbranched alkanes of at least 4 members (excludes halogenated alkanes) is 5. The number of aryl methyl sites for hydroxylation is 4. The van der Waals surface area contributed by atoms with Gasteiger partial charge in [-0.2, -0.15) is 0 Å². The molecule has 1 rings (SSSR count). The highest BCUT2D eigenvalue weighted by molar-refractivity contribution is 5.73. The highest BCUT2D eigenvalue weighted by atomic mass is 16.4. The Morgan fingerprint density at radius 2 is 1.14 bits per heavy atom. The second-order valence-corrected chi connectivity index (χ2v) is 10.9. The molecule has 0 atom stereocenters. The molecule has 2 heteroatoms. The topological polar surface area (TPSA) is 37.3 Å². The number of rotatable bonds is 13. The fourth-order valence-electron chi connectivity index (χ4n) is 3.89. The molecule has 0 fully saturated rings. The summed E-state index contributed by atoms with van der Waals surface area (Å²) >= 11 is 0. The van der Waals surface area contributed by atoms with Crippen LogP contribution in [0, 0.1) is 24.7 Å². The van der Waals surface area contributed by atoms with Crippen molar-refractivity contribution in [3.8, 4) is 0 Å². The molecule has 29 heavy (non-hydrogen) atoms. The molecule has 0 bridgehead atoms. The van der Waals surface area contributed by atoms with Gasteiger partial charge in [0.2, 0.25) is 0 Å². The van der Waals surface area contributed by atoms with Crippen molar-refractivity contribution in [3.63, 3.8) is 0 Å². The Labute approximate surface area is 180 Å². The molecule has 0 aliphatic rings. The molecule has 0 saturated heterocycles. The van der Waals surface area contributed by atoms with E-state index in [0.717, 1.165) is 32.1 Å². The summed E-state index contributed by atoms with van der Waals surface area (Å²) < 4.78 is 0. The molecule has 1 N–H and O–H groups in total. The minimum atomic E-state index is -0.684. The van der Waals surface area contributed by atoms with Crippen LogP contribution >= 0.6 is 0 Å².